The van der Waals surface area contributed by atoms with Crippen molar-refractivity contribution in [3.63, 3.8) is 0 Å². The molecule has 0 unspecified atom stereocenters. The predicted octanol–water partition coefficient (Wildman–Crippen LogP) is 3.49. The number of phenolic OH excluding ortho intramolecular Hbond substituents is 1. The molecule has 0 aliphatic heterocycles. The van der Waals surface area contributed by atoms with Crippen LogP contribution in [0.15, 0.2) is 24.3 Å². The minimum Gasteiger partial charge on any atom is -0.508 e. The summed E-state index contributed by atoms with van der Waals surface area (Å²) in [5.41, 5.74) is 0.585. The van der Waals surface area contributed by atoms with Crippen LogP contribution in [0.4, 0.5) is 4.79 Å². The Morgan fingerprint density at radius 3 is 2.21 bits per heavy atom. The second-order valence-corrected chi connectivity index (χ2v) is 4.85. The van der Waals surface area contributed by atoms with Gasteiger partial charge in [-0.1, -0.05) is 26.0 Å². The number of alkyl carbamates (subject to hydrolysis) is 1. The van der Waals surface area contributed by atoms with E-state index in [2.05, 4.69) is 5.32 Å². The van der Waals surface area contributed by atoms with Crippen LogP contribution in [0.25, 0.3) is 0 Å². The van der Waals surface area contributed by atoms with Gasteiger partial charge in [-0.2, -0.15) is 0 Å². The molecule has 0 bridgehead atoms. The van der Waals surface area contributed by atoms with Crippen molar-refractivity contribution in [1.29, 1.82) is 0 Å². The molecule has 4 nitrogen and oxygen atoms in total. The zero-order valence-electron chi connectivity index (χ0n) is 12.5. The summed E-state index contributed by atoms with van der Waals surface area (Å²) in [6, 6.07) is 6.91. The van der Waals surface area contributed by atoms with Crippen molar-refractivity contribution < 1.29 is 14.6 Å². The molecule has 1 aromatic rings. The largest absolute Gasteiger partial charge is 0.508 e. The van der Waals surface area contributed by atoms with Crippen LogP contribution in [0.1, 0.15) is 40.2 Å². The van der Waals surface area contributed by atoms with Crippen molar-refractivity contribution in [1.82, 2.24) is 5.32 Å². The van der Waals surface area contributed by atoms with Gasteiger partial charge in [-0.25, -0.2) is 4.79 Å². The lowest BCUT2D eigenvalue weighted by atomic mass is 10.1. The van der Waals surface area contributed by atoms with Crippen LogP contribution in [-0.2, 0) is 11.2 Å². The monoisotopic (exact) mass is 267 g/mol. The van der Waals surface area contributed by atoms with Gasteiger partial charge in [-0.15, -0.1) is 0 Å². The molecule has 0 radical (unpaired) electrons. The number of nitrogens with one attached hydrogen (secondary N) is 1. The Morgan fingerprint density at radius 2 is 1.74 bits per heavy atom. The number of carbonyl (C=O) groups is 1. The molecule has 1 aromatic carbocycles. The number of aromatic hydroxyl groups is 1. The first-order valence-corrected chi connectivity index (χ1v) is 6.61. The predicted molar refractivity (Wildman–Crippen MR) is 77.4 cm³/mol. The highest BCUT2D eigenvalue weighted by atomic mass is 16.6. The Hall–Kier alpha value is -1.71. The molecule has 108 valence electrons. The minimum atomic E-state index is -0.470. The first kappa shape index (κ1) is 17.3. The van der Waals surface area contributed by atoms with Gasteiger partial charge in [0.15, 0.2) is 0 Å². The van der Waals surface area contributed by atoms with Crippen LogP contribution in [-0.4, -0.2) is 23.3 Å². The van der Waals surface area contributed by atoms with Gasteiger partial charge in [-0.05, 0) is 44.9 Å². The standard InChI is InChI=1S/C13H19NO3.C2H6/c1-13(2,3)17-12(16)14-9-8-10-4-6-11(15)7-5-10;1-2/h4-7,15H,8-9H2,1-3H3,(H,14,16);1-2H3. The van der Waals surface area contributed by atoms with Crippen LogP contribution in [0.2, 0.25) is 0 Å². The van der Waals surface area contributed by atoms with E-state index < -0.39 is 11.7 Å². The smallest absolute Gasteiger partial charge is 0.407 e. The number of phenols is 1. The van der Waals surface area contributed by atoms with Gasteiger partial charge in [0.2, 0.25) is 0 Å². The van der Waals surface area contributed by atoms with Crippen molar-refractivity contribution in [2.24, 2.45) is 0 Å². The normalized spacial score (nSPS) is 10.2. The summed E-state index contributed by atoms with van der Waals surface area (Å²) in [6.45, 7) is 9.99. The van der Waals surface area contributed by atoms with E-state index >= 15 is 0 Å². The van der Waals surface area contributed by atoms with E-state index in [4.69, 9.17) is 9.84 Å². The second-order valence-electron chi connectivity index (χ2n) is 4.85. The molecule has 0 aliphatic carbocycles. The molecule has 1 rings (SSSR count). The molecule has 19 heavy (non-hydrogen) atoms. The topological polar surface area (TPSA) is 58.6 Å². The van der Waals surface area contributed by atoms with Gasteiger partial charge in [0, 0.05) is 6.54 Å². The van der Waals surface area contributed by atoms with E-state index in [0.29, 0.717) is 13.0 Å². The quantitative estimate of drug-likeness (QED) is 0.881. The Bertz CT molecular complexity index is 366. The number of rotatable bonds is 3. The molecule has 0 aliphatic rings. The number of carbonyl (C=O) groups excluding carboxylic acids is 1. The van der Waals surface area contributed by atoms with Crippen molar-refractivity contribution >= 4 is 6.09 Å². The molecule has 0 heterocycles. The van der Waals surface area contributed by atoms with Crippen LogP contribution >= 0.6 is 0 Å². The number of amides is 1. The third kappa shape index (κ3) is 8.94. The molecular weight excluding hydrogens is 242 g/mol. The van der Waals surface area contributed by atoms with E-state index in [1.54, 1.807) is 12.1 Å². The summed E-state index contributed by atoms with van der Waals surface area (Å²) in [7, 11) is 0. The third-order valence-electron chi connectivity index (χ3n) is 2.02. The lowest BCUT2D eigenvalue weighted by molar-refractivity contribution is 0.0528. The average molecular weight is 267 g/mol. The summed E-state index contributed by atoms with van der Waals surface area (Å²) >= 11 is 0. The van der Waals surface area contributed by atoms with Crippen molar-refractivity contribution in [3.05, 3.63) is 29.8 Å². The first-order valence-electron chi connectivity index (χ1n) is 6.61. The Kier molecular flexibility index (Phi) is 7.65. The Balaban J connectivity index is 0.00000154. The maximum Gasteiger partial charge on any atom is 0.407 e. The van der Waals surface area contributed by atoms with Crippen LogP contribution in [0.5, 0.6) is 5.75 Å². The fourth-order valence-electron chi connectivity index (χ4n) is 1.29. The number of hydrogen-bond donors (Lipinski definition) is 2. The molecule has 1 amide bonds. The van der Waals surface area contributed by atoms with Crippen molar-refractivity contribution in [2.75, 3.05) is 6.54 Å². The fourth-order valence-corrected chi connectivity index (χ4v) is 1.29. The lowest BCUT2D eigenvalue weighted by Gasteiger charge is -2.19. The summed E-state index contributed by atoms with van der Waals surface area (Å²) in [5, 5.41) is 11.8. The van der Waals surface area contributed by atoms with Crippen LogP contribution in [0.3, 0.4) is 0 Å². The van der Waals surface area contributed by atoms with Crippen LogP contribution in [0, 0.1) is 0 Å². The van der Waals surface area contributed by atoms with Gasteiger partial charge in [-0.3, -0.25) is 0 Å². The highest BCUT2D eigenvalue weighted by Gasteiger charge is 2.15. The van der Waals surface area contributed by atoms with E-state index in [1.807, 2.05) is 46.8 Å². The van der Waals surface area contributed by atoms with E-state index in [9.17, 15) is 4.79 Å². The molecule has 2 N–H and O–H groups in total. The molecule has 4 heteroatoms. The summed E-state index contributed by atoms with van der Waals surface area (Å²) < 4.78 is 5.10. The van der Waals surface area contributed by atoms with Gasteiger partial charge in [0.05, 0.1) is 0 Å². The number of hydrogen-bond acceptors (Lipinski definition) is 3. The van der Waals surface area contributed by atoms with E-state index in [-0.39, 0.29) is 5.75 Å². The number of benzene rings is 1. The van der Waals surface area contributed by atoms with Crippen molar-refractivity contribution in [2.45, 2.75) is 46.6 Å². The average Bonchev–Trinajstić information content (AvgIpc) is 2.32. The van der Waals surface area contributed by atoms with E-state index in [0.717, 1.165) is 5.56 Å². The SMILES string of the molecule is CC.CC(C)(C)OC(=O)NCCc1ccc(O)cc1. The Morgan fingerprint density at radius 1 is 1.21 bits per heavy atom. The Labute approximate surface area is 115 Å². The van der Waals surface area contributed by atoms with Gasteiger partial charge < -0.3 is 15.2 Å². The first-order chi connectivity index (χ1) is 8.87. The fraction of sp³-hybridized carbons (Fsp3) is 0.533. The van der Waals surface area contributed by atoms with Gasteiger partial charge in [0.25, 0.3) is 0 Å². The number of ether oxygens (including phenoxy) is 1. The summed E-state index contributed by atoms with van der Waals surface area (Å²) in [5.74, 6) is 0.244. The molecule has 0 spiro atoms. The van der Waals surface area contributed by atoms with Crippen molar-refractivity contribution in [3.8, 4) is 5.75 Å². The molecule has 0 aromatic heterocycles. The molecular formula is C15H25NO3. The molecule has 0 saturated heterocycles. The molecule has 0 fully saturated rings. The summed E-state index contributed by atoms with van der Waals surface area (Å²) in [6.07, 6.45) is 0.302. The van der Waals surface area contributed by atoms with E-state index in [1.165, 1.54) is 0 Å². The highest BCUT2D eigenvalue weighted by Crippen LogP contribution is 2.10. The van der Waals surface area contributed by atoms with Gasteiger partial charge >= 0.3 is 6.09 Å². The maximum absolute atomic E-state index is 11.3. The van der Waals surface area contributed by atoms with Gasteiger partial charge in [0.1, 0.15) is 11.4 Å². The van der Waals surface area contributed by atoms with Crippen LogP contribution < -0.4 is 5.32 Å². The lowest BCUT2D eigenvalue weighted by Crippen LogP contribution is -2.33. The zero-order valence-corrected chi connectivity index (χ0v) is 12.5. The molecule has 0 atom stereocenters. The third-order valence-corrected chi connectivity index (χ3v) is 2.02. The minimum absolute atomic E-state index is 0.244. The maximum atomic E-state index is 11.3. The highest BCUT2D eigenvalue weighted by molar-refractivity contribution is 5.67. The zero-order chi connectivity index (χ0) is 14.9. The summed E-state index contributed by atoms with van der Waals surface area (Å²) in [4.78, 5) is 11.3. The molecule has 0 saturated carbocycles. The second kappa shape index (κ2) is 8.40.